The van der Waals surface area contributed by atoms with Gasteiger partial charge in [-0.05, 0) is 28.3 Å². The van der Waals surface area contributed by atoms with Gasteiger partial charge < -0.3 is 9.47 Å². The smallest absolute Gasteiger partial charge is 0.348 e. The molecule has 5 heteroatoms. The zero-order valence-electron chi connectivity index (χ0n) is 9.63. The normalized spacial score (nSPS) is 22.4. The van der Waals surface area contributed by atoms with Gasteiger partial charge in [0.15, 0.2) is 0 Å². The molecule has 0 bridgehead atoms. The first-order valence-electron chi connectivity index (χ1n) is 5.12. The lowest BCUT2D eigenvalue weighted by atomic mass is 9.83. The molecule has 1 fully saturated rings. The van der Waals surface area contributed by atoms with Gasteiger partial charge in [-0.25, -0.2) is 4.79 Å². The maximum absolute atomic E-state index is 11.4. The second kappa shape index (κ2) is 4.99. The lowest BCUT2D eigenvalue weighted by Crippen LogP contribution is -2.27. The van der Waals surface area contributed by atoms with Crippen LogP contribution in [0, 0.1) is 5.41 Å². The topological polar surface area (TPSA) is 52.6 Å². The summed E-state index contributed by atoms with van der Waals surface area (Å²) in [6.45, 7) is 5.93. The Bertz CT molecular complexity index is 344. The Morgan fingerprint density at radius 1 is 1.50 bits per heavy atom. The molecule has 0 aromatic rings. The highest BCUT2D eigenvalue weighted by molar-refractivity contribution is 9.12. The number of carbonyl (C=O) groups excluding carboxylic acids is 2. The second-order valence-electron chi connectivity index (χ2n) is 4.45. The van der Waals surface area contributed by atoms with E-state index >= 15 is 0 Å². The molecule has 0 aromatic heterocycles. The summed E-state index contributed by atoms with van der Waals surface area (Å²) in [6, 6.07) is 0. The summed E-state index contributed by atoms with van der Waals surface area (Å²) in [5.41, 5.74) is -0.184. The van der Waals surface area contributed by atoms with Crippen molar-refractivity contribution in [2.24, 2.45) is 5.41 Å². The quantitative estimate of drug-likeness (QED) is 0.579. The van der Waals surface area contributed by atoms with E-state index in [1.807, 2.05) is 13.8 Å². The van der Waals surface area contributed by atoms with Crippen LogP contribution in [0.15, 0.2) is 10.2 Å². The Balaban J connectivity index is 2.89. The van der Waals surface area contributed by atoms with Crippen LogP contribution in [0.2, 0.25) is 0 Å². The molecule has 0 spiro atoms. The molecule has 0 unspecified atom stereocenters. The molecule has 0 atom stereocenters. The Morgan fingerprint density at radius 2 is 2.12 bits per heavy atom. The van der Waals surface area contributed by atoms with Crippen LogP contribution in [0.4, 0.5) is 0 Å². The zero-order chi connectivity index (χ0) is 12.3. The van der Waals surface area contributed by atoms with Gasteiger partial charge in [0.2, 0.25) is 0 Å². The van der Waals surface area contributed by atoms with Crippen molar-refractivity contribution >= 4 is 27.9 Å². The molecule has 4 nitrogen and oxygen atoms in total. The van der Waals surface area contributed by atoms with Crippen LogP contribution in [-0.4, -0.2) is 18.5 Å². The highest BCUT2D eigenvalue weighted by atomic mass is 79.9. The molecule has 0 aliphatic carbocycles. The van der Waals surface area contributed by atoms with Crippen LogP contribution < -0.4 is 0 Å². The summed E-state index contributed by atoms with van der Waals surface area (Å²) in [5.74, 6) is -0.449. The Kier molecular flexibility index (Phi) is 4.13. The van der Waals surface area contributed by atoms with Crippen molar-refractivity contribution in [3.8, 4) is 0 Å². The van der Waals surface area contributed by atoms with Crippen LogP contribution in [0.5, 0.6) is 0 Å². The van der Waals surface area contributed by atoms with Gasteiger partial charge in [-0.3, -0.25) is 4.79 Å². The molecular formula is C11H15BrO4. The summed E-state index contributed by atoms with van der Waals surface area (Å²) in [5, 5.41) is 0. The van der Waals surface area contributed by atoms with E-state index in [0.717, 1.165) is 0 Å². The molecule has 1 heterocycles. The van der Waals surface area contributed by atoms with E-state index in [-0.39, 0.29) is 15.9 Å². The van der Waals surface area contributed by atoms with E-state index in [2.05, 4.69) is 15.9 Å². The Labute approximate surface area is 103 Å². The minimum Gasteiger partial charge on any atom is -0.462 e. The predicted octanol–water partition coefficient (Wildman–Crippen LogP) is 2.52. The van der Waals surface area contributed by atoms with Crippen molar-refractivity contribution in [1.29, 1.82) is 0 Å². The fraction of sp³-hybridized carbons (Fsp3) is 0.636. The van der Waals surface area contributed by atoms with Crippen molar-refractivity contribution in [3.63, 3.8) is 0 Å². The average molecular weight is 291 g/mol. The molecule has 0 saturated carbocycles. The van der Waals surface area contributed by atoms with Gasteiger partial charge in [0, 0.05) is 6.42 Å². The lowest BCUT2D eigenvalue weighted by Gasteiger charge is -2.30. The van der Waals surface area contributed by atoms with Gasteiger partial charge in [-0.15, -0.1) is 0 Å². The first-order chi connectivity index (χ1) is 7.35. The molecular weight excluding hydrogens is 276 g/mol. The van der Waals surface area contributed by atoms with Gasteiger partial charge in [-0.1, -0.05) is 13.8 Å². The molecule has 0 amide bonds. The van der Waals surface area contributed by atoms with E-state index in [4.69, 9.17) is 9.47 Å². The number of allylic oxidation sites excluding steroid dienone is 1. The highest BCUT2D eigenvalue weighted by Crippen LogP contribution is 2.37. The summed E-state index contributed by atoms with van der Waals surface area (Å²) < 4.78 is 10.1. The van der Waals surface area contributed by atoms with Crippen LogP contribution in [-0.2, 0) is 19.1 Å². The van der Waals surface area contributed by atoms with Crippen molar-refractivity contribution in [2.45, 2.75) is 33.6 Å². The second-order valence-corrected chi connectivity index (χ2v) is 5.24. The molecule has 1 rings (SSSR count). The van der Waals surface area contributed by atoms with Gasteiger partial charge in [0.25, 0.3) is 0 Å². The standard InChI is InChI=1S/C11H15BrO4/c1-4-15-10(14)9(12)7-5-11(2,3)6-8(13)16-7/h4-6H2,1-3H3/b9-7+. The van der Waals surface area contributed by atoms with Crippen LogP contribution in [0.1, 0.15) is 33.6 Å². The van der Waals surface area contributed by atoms with Crippen molar-refractivity contribution in [3.05, 3.63) is 10.2 Å². The molecule has 0 aromatic carbocycles. The molecule has 0 N–H and O–H groups in total. The fourth-order valence-electron chi connectivity index (χ4n) is 1.53. The van der Waals surface area contributed by atoms with Crippen LogP contribution in [0.3, 0.4) is 0 Å². The average Bonchev–Trinajstić information content (AvgIpc) is 2.13. The highest BCUT2D eigenvalue weighted by Gasteiger charge is 2.33. The lowest BCUT2D eigenvalue weighted by molar-refractivity contribution is -0.146. The number of carbonyl (C=O) groups is 2. The third-order valence-electron chi connectivity index (χ3n) is 2.20. The Hall–Kier alpha value is -0.840. The number of rotatable bonds is 2. The van der Waals surface area contributed by atoms with Crippen molar-refractivity contribution in [2.75, 3.05) is 6.61 Å². The number of esters is 2. The van der Waals surface area contributed by atoms with Crippen molar-refractivity contribution in [1.82, 2.24) is 0 Å². The minimum absolute atomic E-state index is 0.184. The maximum atomic E-state index is 11.4. The first kappa shape index (κ1) is 13.2. The zero-order valence-corrected chi connectivity index (χ0v) is 11.2. The number of hydrogen-bond acceptors (Lipinski definition) is 4. The van der Waals surface area contributed by atoms with E-state index in [9.17, 15) is 9.59 Å². The van der Waals surface area contributed by atoms with Gasteiger partial charge in [0.05, 0.1) is 13.0 Å². The van der Waals surface area contributed by atoms with Crippen LogP contribution in [0.25, 0.3) is 0 Å². The van der Waals surface area contributed by atoms with E-state index in [1.165, 1.54) is 0 Å². The fourth-order valence-corrected chi connectivity index (χ4v) is 1.86. The molecule has 1 aliphatic heterocycles. The predicted molar refractivity (Wildman–Crippen MR) is 61.7 cm³/mol. The molecule has 90 valence electrons. The number of halogens is 1. The molecule has 16 heavy (non-hydrogen) atoms. The monoisotopic (exact) mass is 290 g/mol. The summed E-state index contributed by atoms with van der Waals surface area (Å²) in [4.78, 5) is 22.8. The van der Waals surface area contributed by atoms with Gasteiger partial charge in [-0.2, -0.15) is 0 Å². The summed E-state index contributed by atoms with van der Waals surface area (Å²) >= 11 is 3.11. The molecule has 1 aliphatic rings. The molecule has 1 saturated heterocycles. The van der Waals surface area contributed by atoms with E-state index < -0.39 is 5.97 Å². The Morgan fingerprint density at radius 3 is 2.62 bits per heavy atom. The third-order valence-corrected chi connectivity index (χ3v) is 2.96. The van der Waals surface area contributed by atoms with Gasteiger partial charge >= 0.3 is 11.9 Å². The SMILES string of the molecule is CCOC(=O)/C(Br)=C1/CC(C)(C)CC(=O)O1. The number of ether oxygens (including phenoxy) is 2. The largest absolute Gasteiger partial charge is 0.462 e. The van der Waals surface area contributed by atoms with E-state index in [0.29, 0.717) is 25.2 Å². The summed E-state index contributed by atoms with van der Waals surface area (Å²) in [7, 11) is 0. The summed E-state index contributed by atoms with van der Waals surface area (Å²) in [6.07, 6.45) is 0.901. The molecule has 0 radical (unpaired) electrons. The number of cyclic esters (lactones) is 1. The number of hydrogen-bond donors (Lipinski definition) is 0. The third kappa shape index (κ3) is 3.33. The van der Waals surface area contributed by atoms with Gasteiger partial charge in [0.1, 0.15) is 10.2 Å². The van der Waals surface area contributed by atoms with Crippen molar-refractivity contribution < 1.29 is 19.1 Å². The van der Waals surface area contributed by atoms with Crippen LogP contribution >= 0.6 is 15.9 Å². The maximum Gasteiger partial charge on any atom is 0.348 e. The first-order valence-corrected chi connectivity index (χ1v) is 5.91. The van der Waals surface area contributed by atoms with E-state index in [1.54, 1.807) is 6.92 Å². The minimum atomic E-state index is -0.497.